The number of nitrogens with zero attached hydrogens (tertiary/aromatic N) is 3. The number of hydrogen-bond acceptors (Lipinski definition) is 6. The van der Waals surface area contributed by atoms with Crippen molar-refractivity contribution in [1.82, 2.24) is 20.6 Å². The predicted octanol–water partition coefficient (Wildman–Crippen LogP) is 3.90. The van der Waals surface area contributed by atoms with Gasteiger partial charge in [0, 0.05) is 35.9 Å². The van der Waals surface area contributed by atoms with Crippen LogP contribution >= 0.6 is 11.3 Å². The van der Waals surface area contributed by atoms with Crippen LogP contribution in [0.5, 0.6) is 17.4 Å². The zero-order valence-electron chi connectivity index (χ0n) is 16.8. The third kappa shape index (κ3) is 6.46. The molecule has 7 nitrogen and oxygen atoms in total. The molecule has 0 atom stereocenters. The fourth-order valence-electron chi connectivity index (χ4n) is 2.50. The molecular weight excluding hydrogens is 386 g/mol. The minimum absolute atomic E-state index is 0.513. The number of guanidine groups is 1. The number of ether oxygens (including phenoxy) is 2. The van der Waals surface area contributed by atoms with Crippen molar-refractivity contribution in [3.8, 4) is 17.4 Å². The van der Waals surface area contributed by atoms with Gasteiger partial charge in [0.1, 0.15) is 16.5 Å². The van der Waals surface area contributed by atoms with E-state index in [1.807, 2.05) is 49.5 Å². The van der Waals surface area contributed by atoms with E-state index in [4.69, 9.17) is 9.47 Å². The average molecular weight is 412 g/mol. The van der Waals surface area contributed by atoms with E-state index in [1.54, 1.807) is 24.6 Å². The van der Waals surface area contributed by atoms with Crippen LogP contribution in [-0.2, 0) is 13.1 Å². The topological polar surface area (TPSA) is 80.7 Å². The molecule has 0 spiro atoms. The Kier molecular flexibility index (Phi) is 7.40. The van der Waals surface area contributed by atoms with Gasteiger partial charge in [-0.2, -0.15) is 0 Å². The molecule has 2 N–H and O–H groups in total. The molecule has 0 fully saturated rings. The van der Waals surface area contributed by atoms with Gasteiger partial charge in [-0.1, -0.05) is 12.1 Å². The van der Waals surface area contributed by atoms with Gasteiger partial charge in [-0.15, -0.1) is 11.3 Å². The lowest BCUT2D eigenvalue weighted by molar-refractivity contribution is 0.407. The summed E-state index contributed by atoms with van der Waals surface area (Å²) in [6.45, 7) is 6.04. The first kappa shape index (κ1) is 20.6. The molecular formula is C21H25N5O2S. The van der Waals surface area contributed by atoms with E-state index in [1.165, 1.54) is 4.88 Å². The Bertz CT molecular complexity index is 940. The summed E-state index contributed by atoms with van der Waals surface area (Å²) < 4.78 is 11.0. The lowest BCUT2D eigenvalue weighted by Crippen LogP contribution is -2.36. The van der Waals surface area contributed by atoms with Crippen LogP contribution in [0, 0.1) is 6.92 Å². The van der Waals surface area contributed by atoms with E-state index in [0.29, 0.717) is 24.7 Å². The first-order valence-electron chi connectivity index (χ1n) is 9.36. The Labute approximate surface area is 174 Å². The van der Waals surface area contributed by atoms with Crippen molar-refractivity contribution in [3.05, 3.63) is 64.2 Å². The number of nitrogens with one attached hydrogen (secondary N) is 2. The monoisotopic (exact) mass is 411 g/mol. The van der Waals surface area contributed by atoms with Gasteiger partial charge in [-0.05, 0) is 31.5 Å². The highest BCUT2D eigenvalue weighted by atomic mass is 32.1. The Hall–Kier alpha value is -3.13. The number of aliphatic imine (C=N–C) groups is 1. The van der Waals surface area contributed by atoms with E-state index in [-0.39, 0.29) is 0 Å². The second-order valence-electron chi connectivity index (χ2n) is 6.20. The first-order valence-corrected chi connectivity index (χ1v) is 10.2. The quantitative estimate of drug-likeness (QED) is 0.432. The lowest BCUT2D eigenvalue weighted by atomic mass is 10.3. The van der Waals surface area contributed by atoms with Crippen molar-refractivity contribution in [2.45, 2.75) is 26.9 Å². The highest BCUT2D eigenvalue weighted by Gasteiger charge is 2.03. The molecule has 0 amide bonds. The molecule has 0 saturated carbocycles. The van der Waals surface area contributed by atoms with E-state index >= 15 is 0 Å². The summed E-state index contributed by atoms with van der Waals surface area (Å²) in [6, 6.07) is 11.2. The number of methoxy groups -OCH3 is 1. The van der Waals surface area contributed by atoms with Crippen LogP contribution in [0.2, 0.25) is 0 Å². The Balaban J connectivity index is 1.57. The van der Waals surface area contributed by atoms with Gasteiger partial charge >= 0.3 is 0 Å². The summed E-state index contributed by atoms with van der Waals surface area (Å²) >= 11 is 1.68. The normalized spacial score (nSPS) is 11.2. The zero-order valence-corrected chi connectivity index (χ0v) is 17.6. The third-order valence-electron chi connectivity index (χ3n) is 3.90. The third-order valence-corrected chi connectivity index (χ3v) is 4.81. The summed E-state index contributed by atoms with van der Waals surface area (Å²) in [5.74, 6) is 2.69. The molecule has 0 unspecified atom stereocenters. The summed E-state index contributed by atoms with van der Waals surface area (Å²) in [5, 5.41) is 7.58. The van der Waals surface area contributed by atoms with E-state index in [9.17, 15) is 0 Å². The van der Waals surface area contributed by atoms with Crippen LogP contribution in [0.4, 0.5) is 0 Å². The van der Waals surface area contributed by atoms with Crippen LogP contribution in [0.1, 0.15) is 22.4 Å². The Morgan fingerprint density at radius 1 is 1.10 bits per heavy atom. The highest BCUT2D eigenvalue weighted by Crippen LogP contribution is 2.23. The molecule has 0 radical (unpaired) electrons. The molecule has 0 aliphatic heterocycles. The molecule has 2 aromatic heterocycles. The van der Waals surface area contributed by atoms with Crippen LogP contribution in [0.25, 0.3) is 0 Å². The minimum Gasteiger partial charge on any atom is -0.497 e. The van der Waals surface area contributed by atoms with Gasteiger partial charge in [-0.25, -0.2) is 15.0 Å². The van der Waals surface area contributed by atoms with Crippen molar-refractivity contribution in [2.75, 3.05) is 13.7 Å². The molecule has 0 bridgehead atoms. The van der Waals surface area contributed by atoms with E-state index in [0.717, 1.165) is 28.8 Å². The Morgan fingerprint density at radius 2 is 1.97 bits per heavy atom. The molecule has 3 aromatic rings. The number of rotatable bonds is 8. The molecule has 0 saturated heterocycles. The maximum Gasteiger partial charge on any atom is 0.219 e. The Morgan fingerprint density at radius 3 is 2.66 bits per heavy atom. The van der Waals surface area contributed by atoms with Gasteiger partial charge < -0.3 is 20.1 Å². The molecule has 152 valence electrons. The van der Waals surface area contributed by atoms with Gasteiger partial charge in [-0.3, -0.25) is 0 Å². The smallest absolute Gasteiger partial charge is 0.219 e. The molecule has 3 rings (SSSR count). The predicted molar refractivity (Wildman–Crippen MR) is 116 cm³/mol. The molecule has 2 heterocycles. The molecule has 0 aliphatic rings. The zero-order chi connectivity index (χ0) is 20.5. The number of pyridine rings is 1. The highest BCUT2D eigenvalue weighted by molar-refractivity contribution is 7.11. The van der Waals surface area contributed by atoms with Crippen LogP contribution < -0.4 is 20.1 Å². The first-order chi connectivity index (χ1) is 14.2. The fourth-order valence-corrected chi connectivity index (χ4v) is 3.23. The number of benzene rings is 1. The summed E-state index contributed by atoms with van der Waals surface area (Å²) in [4.78, 5) is 14.5. The standard InChI is InChI=1S/C21H25N5O2S/c1-4-22-21(26-14-20-24-11-15(2)29-20)25-13-16-8-9-19(23-12-16)28-18-7-5-6-17(10-18)27-3/h5-12H,4,13-14H2,1-3H3,(H2,22,25,26). The fraction of sp³-hybridized carbons (Fsp3) is 0.286. The molecule has 29 heavy (non-hydrogen) atoms. The van der Waals surface area contributed by atoms with Crippen LogP contribution in [-0.4, -0.2) is 29.6 Å². The van der Waals surface area contributed by atoms with Crippen LogP contribution in [0.3, 0.4) is 0 Å². The number of hydrogen-bond donors (Lipinski definition) is 2. The largest absolute Gasteiger partial charge is 0.497 e. The second-order valence-corrected chi connectivity index (χ2v) is 7.52. The molecule has 8 heteroatoms. The van der Waals surface area contributed by atoms with Crippen molar-refractivity contribution >= 4 is 17.3 Å². The van der Waals surface area contributed by atoms with Crippen molar-refractivity contribution in [1.29, 1.82) is 0 Å². The number of aromatic nitrogens is 2. The van der Waals surface area contributed by atoms with Crippen molar-refractivity contribution < 1.29 is 9.47 Å². The van der Waals surface area contributed by atoms with E-state index < -0.39 is 0 Å². The van der Waals surface area contributed by atoms with Gasteiger partial charge in [0.2, 0.25) is 5.88 Å². The minimum atomic E-state index is 0.513. The van der Waals surface area contributed by atoms with Crippen molar-refractivity contribution in [2.24, 2.45) is 4.99 Å². The van der Waals surface area contributed by atoms with E-state index in [2.05, 4.69) is 32.5 Å². The maximum absolute atomic E-state index is 5.77. The number of aryl methyl sites for hydroxylation is 1. The maximum atomic E-state index is 5.77. The average Bonchev–Trinajstić information content (AvgIpc) is 3.16. The second kappa shape index (κ2) is 10.4. The molecule has 1 aromatic carbocycles. The summed E-state index contributed by atoms with van der Waals surface area (Å²) in [5.41, 5.74) is 0.991. The van der Waals surface area contributed by atoms with Crippen molar-refractivity contribution in [3.63, 3.8) is 0 Å². The van der Waals surface area contributed by atoms with Gasteiger partial charge in [0.15, 0.2) is 5.96 Å². The summed E-state index contributed by atoms with van der Waals surface area (Å²) in [6.07, 6.45) is 3.65. The molecule has 0 aliphatic carbocycles. The number of thiazole rings is 1. The van der Waals surface area contributed by atoms with Gasteiger partial charge in [0.05, 0.1) is 20.2 Å². The SMILES string of the molecule is CCNC(=NCc1ccc(Oc2cccc(OC)c2)nc1)NCc1ncc(C)s1. The summed E-state index contributed by atoms with van der Waals surface area (Å²) in [7, 11) is 1.63. The van der Waals surface area contributed by atoms with Crippen LogP contribution in [0.15, 0.2) is 53.8 Å². The lowest BCUT2D eigenvalue weighted by Gasteiger charge is -2.10. The van der Waals surface area contributed by atoms with Gasteiger partial charge in [0.25, 0.3) is 0 Å².